The number of pyridine rings is 1. The molecule has 3 fully saturated rings. The van der Waals surface area contributed by atoms with E-state index >= 15 is 4.39 Å². The Morgan fingerprint density at radius 1 is 1.17 bits per heavy atom. The zero-order valence-electron chi connectivity index (χ0n) is 24.7. The zero-order valence-corrected chi connectivity index (χ0v) is 24.7. The Bertz CT molecular complexity index is 1380. The van der Waals surface area contributed by atoms with Crippen LogP contribution in [0.4, 0.5) is 15.0 Å². The molecule has 1 aromatic carbocycles. The number of likely N-dealkylation sites (N-methyl/N-ethyl adjacent to an activating group) is 1. The minimum absolute atomic E-state index is 0.0436. The van der Waals surface area contributed by atoms with Gasteiger partial charge in [0.25, 0.3) is 0 Å². The number of piperidine rings is 1. The number of benzene rings is 1. The molecule has 6 rings (SSSR count). The van der Waals surface area contributed by atoms with Gasteiger partial charge in [-0.2, -0.15) is 5.26 Å². The molecule has 1 unspecified atom stereocenters. The third kappa shape index (κ3) is 5.40. The molecule has 0 saturated carbocycles. The summed E-state index contributed by atoms with van der Waals surface area (Å²) in [7, 11) is 2.18. The summed E-state index contributed by atoms with van der Waals surface area (Å²) in [5, 5.41) is 10.5. The second kappa shape index (κ2) is 10.6. The monoisotopic (exact) mass is 560 g/mol. The Balaban J connectivity index is 1.32. The quantitative estimate of drug-likeness (QED) is 0.541. The fraction of sp³-hybridized carbons (Fsp3) is 0.594. The average Bonchev–Trinajstić information content (AvgIpc) is 3.36. The number of halogens is 1. The van der Waals surface area contributed by atoms with Gasteiger partial charge in [-0.05, 0) is 71.7 Å². The molecule has 2 aromatic rings. The van der Waals surface area contributed by atoms with Gasteiger partial charge in [-0.1, -0.05) is 18.2 Å². The van der Waals surface area contributed by atoms with Crippen molar-refractivity contribution in [3.8, 4) is 17.2 Å². The maximum absolute atomic E-state index is 15.3. The van der Waals surface area contributed by atoms with Gasteiger partial charge in [0.05, 0.1) is 5.69 Å². The SMILES string of the molecule is CN1CCCC(N2CCc3c(nc(N4CCC5(CN(C(=O)OC(C)(C)C)C5)C4)c(C#N)c3-c3ccccc3F)C2)C1. The summed E-state index contributed by atoms with van der Waals surface area (Å²) >= 11 is 0. The Kier molecular flexibility index (Phi) is 7.19. The van der Waals surface area contributed by atoms with Crippen LogP contribution in [0.1, 0.15) is 56.9 Å². The fourth-order valence-electron chi connectivity index (χ4n) is 7.22. The molecular formula is C32H41FN6O2. The molecule has 41 heavy (non-hydrogen) atoms. The lowest BCUT2D eigenvalue weighted by Crippen LogP contribution is -2.60. The van der Waals surface area contributed by atoms with E-state index in [1.807, 2.05) is 26.8 Å². The van der Waals surface area contributed by atoms with Gasteiger partial charge in [0.1, 0.15) is 28.9 Å². The van der Waals surface area contributed by atoms with Crippen molar-refractivity contribution >= 4 is 11.9 Å². The zero-order chi connectivity index (χ0) is 28.9. The number of anilines is 1. The van der Waals surface area contributed by atoms with Crippen molar-refractivity contribution in [3.63, 3.8) is 0 Å². The van der Waals surface area contributed by atoms with Crippen molar-refractivity contribution in [1.82, 2.24) is 19.7 Å². The lowest BCUT2D eigenvalue weighted by atomic mass is 9.79. The summed E-state index contributed by atoms with van der Waals surface area (Å²) in [5.41, 5.74) is 3.03. The van der Waals surface area contributed by atoms with Gasteiger partial charge in [0, 0.05) is 68.4 Å². The van der Waals surface area contributed by atoms with Crippen LogP contribution in [0.15, 0.2) is 24.3 Å². The number of amides is 1. The Morgan fingerprint density at radius 2 is 1.95 bits per heavy atom. The van der Waals surface area contributed by atoms with Crippen molar-refractivity contribution in [2.24, 2.45) is 5.41 Å². The summed E-state index contributed by atoms with van der Waals surface area (Å²) < 4.78 is 20.9. The van der Waals surface area contributed by atoms with E-state index in [-0.39, 0.29) is 17.3 Å². The maximum Gasteiger partial charge on any atom is 0.410 e. The van der Waals surface area contributed by atoms with Crippen molar-refractivity contribution in [3.05, 3.63) is 46.9 Å². The van der Waals surface area contributed by atoms with Crippen LogP contribution >= 0.6 is 0 Å². The number of nitriles is 1. The third-order valence-corrected chi connectivity index (χ3v) is 9.18. The molecule has 0 N–H and O–H groups in total. The molecule has 0 radical (unpaired) electrons. The summed E-state index contributed by atoms with van der Waals surface area (Å²) in [6, 6.07) is 9.70. The first-order valence-corrected chi connectivity index (χ1v) is 14.9. The van der Waals surface area contributed by atoms with E-state index in [0.29, 0.717) is 54.7 Å². The Hall–Kier alpha value is -3.22. The number of ether oxygens (including phenoxy) is 1. The normalized spacial score (nSPS) is 22.8. The van der Waals surface area contributed by atoms with Gasteiger partial charge < -0.3 is 19.4 Å². The van der Waals surface area contributed by atoms with Crippen LogP contribution in [0.2, 0.25) is 0 Å². The number of nitrogens with zero attached hydrogens (tertiary/aromatic N) is 6. The van der Waals surface area contributed by atoms with Crippen molar-refractivity contribution in [1.29, 1.82) is 5.26 Å². The smallest absolute Gasteiger partial charge is 0.410 e. The van der Waals surface area contributed by atoms with E-state index in [1.165, 1.54) is 18.9 Å². The first-order valence-electron chi connectivity index (χ1n) is 14.9. The van der Waals surface area contributed by atoms with Crippen LogP contribution in [0.25, 0.3) is 11.1 Å². The van der Waals surface area contributed by atoms with Gasteiger partial charge in [-0.15, -0.1) is 0 Å². The maximum atomic E-state index is 15.3. The molecule has 218 valence electrons. The van der Waals surface area contributed by atoms with E-state index in [0.717, 1.165) is 50.3 Å². The van der Waals surface area contributed by atoms with Gasteiger partial charge >= 0.3 is 6.09 Å². The molecule has 1 aromatic heterocycles. The molecule has 0 bridgehead atoms. The summed E-state index contributed by atoms with van der Waals surface area (Å²) in [4.78, 5) is 26.7. The molecule has 8 nitrogen and oxygen atoms in total. The minimum Gasteiger partial charge on any atom is -0.444 e. The molecule has 1 spiro atoms. The van der Waals surface area contributed by atoms with E-state index in [4.69, 9.17) is 9.72 Å². The van der Waals surface area contributed by atoms with Gasteiger partial charge in [0.2, 0.25) is 0 Å². The van der Waals surface area contributed by atoms with Crippen LogP contribution in [0.3, 0.4) is 0 Å². The first kappa shape index (κ1) is 27.9. The molecule has 4 aliphatic rings. The van der Waals surface area contributed by atoms with E-state index < -0.39 is 5.60 Å². The largest absolute Gasteiger partial charge is 0.444 e. The van der Waals surface area contributed by atoms with Gasteiger partial charge in [-0.3, -0.25) is 4.90 Å². The van der Waals surface area contributed by atoms with Crippen LogP contribution < -0.4 is 4.90 Å². The predicted molar refractivity (Wildman–Crippen MR) is 156 cm³/mol. The van der Waals surface area contributed by atoms with Gasteiger partial charge in [-0.25, -0.2) is 14.2 Å². The minimum atomic E-state index is -0.527. The second-order valence-corrected chi connectivity index (χ2v) is 13.5. The van der Waals surface area contributed by atoms with Gasteiger partial charge in [0.15, 0.2) is 0 Å². The topological polar surface area (TPSA) is 75.9 Å². The highest BCUT2D eigenvalue weighted by Crippen LogP contribution is 2.45. The van der Waals surface area contributed by atoms with E-state index in [9.17, 15) is 10.1 Å². The summed E-state index contributed by atoms with van der Waals surface area (Å²) in [5.74, 6) is 0.337. The summed E-state index contributed by atoms with van der Waals surface area (Å²) in [6.45, 7) is 12.1. The molecular weight excluding hydrogens is 519 g/mol. The molecule has 1 atom stereocenters. The number of hydrogen-bond donors (Lipinski definition) is 0. The predicted octanol–water partition coefficient (Wildman–Crippen LogP) is 4.66. The fourth-order valence-corrected chi connectivity index (χ4v) is 7.22. The Morgan fingerprint density at radius 3 is 2.66 bits per heavy atom. The number of carbonyl (C=O) groups excluding carboxylic acids is 1. The van der Waals surface area contributed by atoms with E-state index in [2.05, 4.69) is 27.8 Å². The first-order chi connectivity index (χ1) is 19.6. The standard InChI is InChI=1S/C32H41FN6O2/c1-31(2,3)41-30(40)39-20-32(21-39)12-15-38(19-32)29-25(16-34)28(23-9-5-6-10-26(23)33)24-11-14-37(18-27(24)35-29)22-8-7-13-36(4)17-22/h5-6,9-10,22H,7-8,11-15,17-21H2,1-4H3. The van der Waals surface area contributed by atoms with Crippen molar-refractivity contribution in [2.45, 2.75) is 64.6 Å². The van der Waals surface area contributed by atoms with Crippen LogP contribution in [-0.4, -0.2) is 90.3 Å². The van der Waals surface area contributed by atoms with Crippen molar-refractivity contribution < 1.29 is 13.9 Å². The molecule has 0 aliphatic carbocycles. The van der Waals surface area contributed by atoms with Crippen LogP contribution in [-0.2, 0) is 17.7 Å². The molecule has 1 amide bonds. The highest BCUT2D eigenvalue weighted by Gasteiger charge is 2.51. The average molecular weight is 561 g/mol. The van der Waals surface area contributed by atoms with Crippen LogP contribution in [0, 0.1) is 22.6 Å². The number of carbonyl (C=O) groups is 1. The highest BCUT2D eigenvalue weighted by molar-refractivity contribution is 5.81. The molecule has 4 aliphatic heterocycles. The lowest BCUT2D eigenvalue weighted by molar-refractivity contribution is -0.0266. The summed E-state index contributed by atoms with van der Waals surface area (Å²) in [6.07, 6.45) is 3.74. The second-order valence-electron chi connectivity index (χ2n) is 13.5. The number of rotatable bonds is 3. The highest BCUT2D eigenvalue weighted by atomic mass is 19.1. The number of likely N-dealkylation sites (tertiary alicyclic amines) is 2. The number of fused-ring (bicyclic) bond motifs is 1. The number of hydrogen-bond acceptors (Lipinski definition) is 7. The third-order valence-electron chi connectivity index (χ3n) is 9.18. The van der Waals surface area contributed by atoms with Crippen molar-refractivity contribution in [2.75, 3.05) is 57.8 Å². The number of aromatic nitrogens is 1. The van der Waals surface area contributed by atoms with Crippen LogP contribution in [0.5, 0.6) is 0 Å². The molecule has 3 saturated heterocycles. The molecule has 9 heteroatoms. The lowest BCUT2D eigenvalue weighted by Gasteiger charge is -2.47. The van der Waals surface area contributed by atoms with E-state index in [1.54, 1.807) is 17.0 Å². The Labute approximate surface area is 242 Å². The molecule has 5 heterocycles.